The fourth-order valence-corrected chi connectivity index (χ4v) is 1.29. The van der Waals surface area contributed by atoms with Crippen molar-refractivity contribution in [2.75, 3.05) is 6.61 Å². The van der Waals surface area contributed by atoms with Gasteiger partial charge in [0.1, 0.15) is 5.56 Å². The Balaban J connectivity index is 3.56. The Bertz CT molecular complexity index is 540. The predicted molar refractivity (Wildman–Crippen MR) is 54.6 cm³/mol. The molecule has 0 fully saturated rings. The zero-order valence-electron chi connectivity index (χ0n) is 9.11. The Morgan fingerprint density at radius 3 is 2.67 bits per heavy atom. The molecule has 0 unspecified atom stereocenters. The monoisotopic (exact) mass is 262 g/mol. The number of aromatic amines is 1. The number of hydrogen-bond donors (Lipinski definition) is 1. The molecule has 0 amide bonds. The van der Waals surface area contributed by atoms with Gasteiger partial charge in [-0.1, -0.05) is 0 Å². The molecule has 18 heavy (non-hydrogen) atoms. The number of nitro groups is 1. The van der Waals surface area contributed by atoms with Crippen LogP contribution < -0.4 is 5.56 Å². The number of carbonyl (C=O) groups is 1. The van der Waals surface area contributed by atoms with Crippen LogP contribution in [0.1, 0.15) is 29.3 Å². The average Bonchev–Trinajstić information content (AvgIpc) is 2.27. The molecule has 1 aromatic rings. The molecule has 0 atom stereocenters. The standard InChI is InChI=1S/C9H8F2N2O5/c1-2-18-9(15)5-6(13(16)17)4(7(10)11)3-12-8(5)14/h3,7H,2H2,1H3,(H,12,14). The van der Waals surface area contributed by atoms with Gasteiger partial charge in [-0.2, -0.15) is 0 Å². The number of aromatic nitrogens is 1. The minimum atomic E-state index is -3.20. The molecule has 0 aliphatic heterocycles. The molecule has 0 saturated heterocycles. The lowest BCUT2D eigenvalue weighted by molar-refractivity contribution is -0.386. The molecule has 0 saturated carbocycles. The first-order valence-electron chi connectivity index (χ1n) is 4.75. The van der Waals surface area contributed by atoms with Gasteiger partial charge in [0.15, 0.2) is 0 Å². The summed E-state index contributed by atoms with van der Waals surface area (Å²) in [5.74, 6) is -1.31. The number of alkyl halides is 2. The third-order valence-electron chi connectivity index (χ3n) is 1.99. The molecular weight excluding hydrogens is 254 g/mol. The summed E-state index contributed by atoms with van der Waals surface area (Å²) in [7, 11) is 0. The van der Waals surface area contributed by atoms with E-state index in [0.717, 1.165) is 0 Å². The van der Waals surface area contributed by atoms with E-state index >= 15 is 0 Å². The summed E-state index contributed by atoms with van der Waals surface area (Å²) in [6, 6.07) is 0. The van der Waals surface area contributed by atoms with Crippen molar-refractivity contribution in [3.8, 4) is 0 Å². The van der Waals surface area contributed by atoms with E-state index in [2.05, 4.69) is 4.74 Å². The number of H-pyrrole nitrogens is 1. The molecule has 1 rings (SSSR count). The molecule has 1 aromatic heterocycles. The average molecular weight is 262 g/mol. The maximum atomic E-state index is 12.6. The Labute approximate surface area is 98.5 Å². The first kappa shape index (κ1) is 13.7. The van der Waals surface area contributed by atoms with Crippen molar-refractivity contribution in [3.63, 3.8) is 0 Å². The minimum absolute atomic E-state index is 0.145. The maximum Gasteiger partial charge on any atom is 0.350 e. The van der Waals surface area contributed by atoms with Crippen molar-refractivity contribution in [1.29, 1.82) is 0 Å². The van der Waals surface area contributed by atoms with Crippen LogP contribution >= 0.6 is 0 Å². The van der Waals surface area contributed by atoms with Gasteiger partial charge in [0.25, 0.3) is 17.7 Å². The van der Waals surface area contributed by atoms with Crippen molar-refractivity contribution in [1.82, 2.24) is 4.98 Å². The number of halogens is 2. The highest BCUT2D eigenvalue weighted by Crippen LogP contribution is 2.29. The lowest BCUT2D eigenvalue weighted by Gasteiger charge is -2.05. The van der Waals surface area contributed by atoms with E-state index in [9.17, 15) is 28.5 Å². The van der Waals surface area contributed by atoms with Crippen LogP contribution in [0.15, 0.2) is 11.0 Å². The molecule has 0 aromatic carbocycles. The van der Waals surface area contributed by atoms with Crippen molar-refractivity contribution in [2.45, 2.75) is 13.3 Å². The number of esters is 1. The molecule has 98 valence electrons. The molecular formula is C9H8F2N2O5. The number of rotatable bonds is 4. The summed E-state index contributed by atoms with van der Waals surface area (Å²) in [6.45, 7) is 1.27. The topological polar surface area (TPSA) is 102 Å². The highest BCUT2D eigenvalue weighted by molar-refractivity contribution is 5.94. The fraction of sp³-hybridized carbons (Fsp3) is 0.333. The van der Waals surface area contributed by atoms with Crippen LogP contribution in [0.25, 0.3) is 0 Å². The van der Waals surface area contributed by atoms with Gasteiger partial charge < -0.3 is 9.72 Å². The molecule has 0 bridgehead atoms. The number of nitrogens with zero attached hydrogens (tertiary/aromatic N) is 1. The van der Waals surface area contributed by atoms with Crippen LogP contribution in [0, 0.1) is 10.1 Å². The normalized spacial score (nSPS) is 10.4. The largest absolute Gasteiger partial charge is 0.462 e. The van der Waals surface area contributed by atoms with Crippen LogP contribution in [0.3, 0.4) is 0 Å². The van der Waals surface area contributed by atoms with E-state index in [1.165, 1.54) is 6.92 Å². The molecule has 1 heterocycles. The van der Waals surface area contributed by atoms with Crippen LogP contribution in [-0.2, 0) is 4.74 Å². The first-order valence-corrected chi connectivity index (χ1v) is 4.75. The molecule has 0 spiro atoms. The van der Waals surface area contributed by atoms with E-state index in [1.807, 2.05) is 4.98 Å². The van der Waals surface area contributed by atoms with Gasteiger partial charge in [0.05, 0.1) is 11.5 Å². The highest BCUT2D eigenvalue weighted by Gasteiger charge is 2.32. The van der Waals surface area contributed by atoms with Gasteiger partial charge in [0.2, 0.25) is 5.56 Å². The summed E-state index contributed by atoms with van der Waals surface area (Å²) < 4.78 is 29.6. The molecule has 0 aliphatic rings. The number of pyridine rings is 1. The number of ether oxygens (including phenoxy) is 1. The smallest absolute Gasteiger partial charge is 0.350 e. The van der Waals surface area contributed by atoms with E-state index < -0.39 is 39.7 Å². The van der Waals surface area contributed by atoms with Gasteiger partial charge in [0, 0.05) is 6.20 Å². The fourth-order valence-electron chi connectivity index (χ4n) is 1.29. The van der Waals surface area contributed by atoms with Gasteiger partial charge in [-0.05, 0) is 6.92 Å². The van der Waals surface area contributed by atoms with Crippen LogP contribution in [0.4, 0.5) is 14.5 Å². The predicted octanol–water partition coefficient (Wildman–Crippen LogP) is 1.40. The van der Waals surface area contributed by atoms with Crippen molar-refractivity contribution in [2.24, 2.45) is 0 Å². The van der Waals surface area contributed by atoms with E-state index in [-0.39, 0.29) is 6.61 Å². The first-order chi connectivity index (χ1) is 8.40. The van der Waals surface area contributed by atoms with Crippen molar-refractivity contribution in [3.05, 3.63) is 37.8 Å². The Morgan fingerprint density at radius 2 is 2.22 bits per heavy atom. The maximum absolute atomic E-state index is 12.6. The summed E-state index contributed by atoms with van der Waals surface area (Å²) in [4.78, 5) is 34.1. The molecule has 0 aliphatic carbocycles. The van der Waals surface area contributed by atoms with Gasteiger partial charge >= 0.3 is 5.97 Å². The van der Waals surface area contributed by atoms with Crippen LogP contribution in [0.2, 0.25) is 0 Å². The van der Waals surface area contributed by atoms with E-state index in [0.29, 0.717) is 6.20 Å². The minimum Gasteiger partial charge on any atom is -0.462 e. The Hall–Kier alpha value is -2.32. The van der Waals surface area contributed by atoms with Crippen molar-refractivity contribution < 1.29 is 23.2 Å². The second-order valence-electron chi connectivity index (χ2n) is 3.08. The van der Waals surface area contributed by atoms with Gasteiger partial charge in [-0.3, -0.25) is 14.9 Å². The highest BCUT2D eigenvalue weighted by atomic mass is 19.3. The van der Waals surface area contributed by atoms with Gasteiger partial charge in [-0.25, -0.2) is 13.6 Å². The van der Waals surface area contributed by atoms with Crippen molar-refractivity contribution >= 4 is 11.7 Å². The van der Waals surface area contributed by atoms with E-state index in [4.69, 9.17) is 0 Å². The Kier molecular flexibility index (Phi) is 4.08. The van der Waals surface area contributed by atoms with Crippen LogP contribution in [0.5, 0.6) is 0 Å². The number of carbonyl (C=O) groups excluding carboxylic acids is 1. The second-order valence-corrected chi connectivity index (χ2v) is 3.08. The zero-order chi connectivity index (χ0) is 13.9. The summed E-state index contributed by atoms with van der Waals surface area (Å²) in [6.07, 6.45) is -2.69. The zero-order valence-corrected chi connectivity index (χ0v) is 9.11. The SMILES string of the molecule is CCOC(=O)c1c([N+](=O)[O-])c(C(F)F)c[nH]c1=O. The lowest BCUT2D eigenvalue weighted by atomic mass is 10.1. The molecule has 7 nitrogen and oxygen atoms in total. The summed E-state index contributed by atoms with van der Waals surface area (Å²) in [5, 5.41) is 10.7. The third kappa shape index (κ3) is 2.50. The molecule has 1 N–H and O–H groups in total. The van der Waals surface area contributed by atoms with E-state index in [1.54, 1.807) is 0 Å². The number of hydrogen-bond acceptors (Lipinski definition) is 5. The second kappa shape index (κ2) is 5.34. The molecule has 9 heteroatoms. The summed E-state index contributed by atoms with van der Waals surface area (Å²) in [5.41, 5.74) is -4.45. The quantitative estimate of drug-likeness (QED) is 0.502. The number of nitrogens with one attached hydrogen (secondary N) is 1. The molecule has 0 radical (unpaired) electrons. The Morgan fingerprint density at radius 1 is 1.61 bits per heavy atom. The third-order valence-corrected chi connectivity index (χ3v) is 1.99. The van der Waals surface area contributed by atoms with Crippen LogP contribution in [-0.4, -0.2) is 22.5 Å². The lowest BCUT2D eigenvalue weighted by Crippen LogP contribution is -2.23. The van der Waals surface area contributed by atoms with Gasteiger partial charge in [-0.15, -0.1) is 0 Å². The summed E-state index contributed by atoms with van der Waals surface area (Å²) >= 11 is 0.